The number of rotatable bonds is 3. The zero-order valence-corrected chi connectivity index (χ0v) is 13.7. The minimum atomic E-state index is -1.01. The molecule has 3 heterocycles. The highest BCUT2D eigenvalue weighted by Crippen LogP contribution is 2.41. The van der Waals surface area contributed by atoms with Crippen LogP contribution in [0.4, 0.5) is 6.01 Å². The van der Waals surface area contributed by atoms with E-state index in [1.165, 1.54) is 6.07 Å². The van der Waals surface area contributed by atoms with E-state index in [9.17, 15) is 9.90 Å². The van der Waals surface area contributed by atoms with Gasteiger partial charge >= 0.3 is 5.97 Å². The quantitative estimate of drug-likeness (QED) is 0.792. The second kappa shape index (κ2) is 5.46. The number of para-hydroxylation sites is 1. The number of nitrogens with two attached hydrogens (primary N) is 1. The molecule has 2 fully saturated rings. The Labute approximate surface area is 139 Å². The maximum absolute atomic E-state index is 11.4. The Morgan fingerprint density at radius 1 is 1.54 bits per heavy atom. The number of hydrogen-bond donors (Lipinski definition) is 3. The Morgan fingerprint density at radius 3 is 3.17 bits per heavy atom. The van der Waals surface area contributed by atoms with Crippen molar-refractivity contribution in [1.29, 1.82) is 0 Å². The minimum Gasteiger partial charge on any atom is -0.478 e. The molecule has 0 aliphatic carbocycles. The first kappa shape index (κ1) is 15.4. The summed E-state index contributed by atoms with van der Waals surface area (Å²) in [6.07, 6.45) is 5.10. The van der Waals surface area contributed by atoms with Crippen molar-refractivity contribution >= 4 is 23.1 Å². The van der Waals surface area contributed by atoms with Gasteiger partial charge in [0.25, 0.3) is 6.01 Å². The Bertz CT molecular complexity index is 789. The number of nitrogens with one attached hydrogen (secondary N) is 1. The van der Waals surface area contributed by atoms with Gasteiger partial charge in [-0.3, -0.25) is 4.90 Å². The van der Waals surface area contributed by atoms with Crippen LogP contribution in [0.2, 0.25) is 0 Å². The third-order valence-electron chi connectivity index (χ3n) is 5.51. The Balaban J connectivity index is 1.70. The van der Waals surface area contributed by atoms with Crippen molar-refractivity contribution in [3.05, 3.63) is 23.8 Å². The smallest absolute Gasteiger partial charge is 0.338 e. The van der Waals surface area contributed by atoms with Gasteiger partial charge in [-0.15, -0.1) is 0 Å². The molecule has 2 aliphatic heterocycles. The highest BCUT2D eigenvalue weighted by Gasteiger charge is 2.47. The van der Waals surface area contributed by atoms with E-state index in [1.807, 2.05) is 0 Å². The van der Waals surface area contributed by atoms with Crippen molar-refractivity contribution < 1.29 is 14.3 Å². The molecule has 4 N–H and O–H groups in total. The zero-order valence-electron chi connectivity index (χ0n) is 13.7. The van der Waals surface area contributed by atoms with Crippen LogP contribution >= 0.6 is 0 Å². The van der Waals surface area contributed by atoms with Crippen molar-refractivity contribution in [2.24, 2.45) is 5.73 Å². The van der Waals surface area contributed by atoms with Crippen molar-refractivity contribution in [3.8, 4) is 0 Å². The number of carboxylic acids is 1. The molecule has 0 spiro atoms. The molecule has 24 heavy (non-hydrogen) atoms. The van der Waals surface area contributed by atoms with Gasteiger partial charge in [0.2, 0.25) is 0 Å². The van der Waals surface area contributed by atoms with Crippen LogP contribution < -0.4 is 11.1 Å². The van der Waals surface area contributed by atoms with Crippen molar-refractivity contribution in [2.75, 3.05) is 12.4 Å². The van der Waals surface area contributed by atoms with Gasteiger partial charge in [0.15, 0.2) is 5.58 Å². The molecule has 7 heteroatoms. The van der Waals surface area contributed by atoms with Gasteiger partial charge in [0.1, 0.15) is 5.52 Å². The summed E-state index contributed by atoms with van der Waals surface area (Å²) in [5, 5.41) is 12.7. The number of oxazole rings is 1. The largest absolute Gasteiger partial charge is 0.478 e. The van der Waals surface area contributed by atoms with E-state index in [0.29, 0.717) is 23.2 Å². The summed E-state index contributed by atoms with van der Waals surface area (Å²) in [6.45, 7) is 0. The Morgan fingerprint density at radius 2 is 2.38 bits per heavy atom. The average molecular weight is 330 g/mol. The van der Waals surface area contributed by atoms with Crippen LogP contribution in [0.25, 0.3) is 11.1 Å². The first-order valence-corrected chi connectivity index (χ1v) is 8.38. The van der Waals surface area contributed by atoms with E-state index < -0.39 is 5.97 Å². The van der Waals surface area contributed by atoms with E-state index in [1.54, 1.807) is 12.1 Å². The summed E-state index contributed by atoms with van der Waals surface area (Å²) in [5.74, 6) is -1.01. The predicted octanol–water partition coefficient (Wildman–Crippen LogP) is 2.24. The number of aromatic carboxylic acids is 1. The van der Waals surface area contributed by atoms with E-state index >= 15 is 0 Å². The zero-order chi connectivity index (χ0) is 16.9. The molecule has 128 valence electrons. The predicted molar refractivity (Wildman–Crippen MR) is 89.9 cm³/mol. The van der Waals surface area contributed by atoms with Gasteiger partial charge in [0.05, 0.1) is 11.2 Å². The maximum Gasteiger partial charge on any atom is 0.338 e. The number of piperidine rings is 2. The molecular formula is C17H22N4O3. The number of aromatic nitrogens is 1. The topological polar surface area (TPSA) is 105 Å². The molecule has 2 aromatic rings. The van der Waals surface area contributed by atoms with Crippen molar-refractivity contribution in [3.63, 3.8) is 0 Å². The summed E-state index contributed by atoms with van der Waals surface area (Å²) in [5.41, 5.74) is 7.00. The summed E-state index contributed by atoms with van der Waals surface area (Å²) in [7, 11) is 2.12. The van der Waals surface area contributed by atoms with Crippen LogP contribution in [-0.4, -0.2) is 45.8 Å². The fraction of sp³-hybridized carbons (Fsp3) is 0.529. The number of fused-ring (bicyclic) bond motifs is 3. The van der Waals surface area contributed by atoms with Gasteiger partial charge < -0.3 is 20.6 Å². The normalized spacial score (nSPS) is 30.4. The Hall–Kier alpha value is -2.12. The fourth-order valence-corrected chi connectivity index (χ4v) is 4.31. The van der Waals surface area contributed by atoms with Crippen LogP contribution in [0.5, 0.6) is 0 Å². The highest BCUT2D eigenvalue weighted by molar-refractivity contribution is 6.00. The van der Waals surface area contributed by atoms with Crippen LogP contribution in [0.1, 0.15) is 42.5 Å². The number of hydrogen-bond acceptors (Lipinski definition) is 6. The van der Waals surface area contributed by atoms with E-state index in [2.05, 4.69) is 22.2 Å². The SMILES string of the molecule is CN1C2CCCC1(Nc1nc3c(C(=O)O)cccc3o1)CC(N)C2. The standard InChI is InChI=1S/C17H22N4O3/c1-21-11-4-3-7-17(21,9-10(18)8-11)20-16-19-14-12(15(22)23)5-2-6-13(14)24-16/h2,5-6,10-11H,3-4,7-9,18H2,1H3,(H,19,20)(H,22,23). The third-order valence-corrected chi connectivity index (χ3v) is 5.51. The van der Waals surface area contributed by atoms with Crippen LogP contribution in [-0.2, 0) is 0 Å². The van der Waals surface area contributed by atoms with E-state index in [-0.39, 0.29) is 17.3 Å². The maximum atomic E-state index is 11.4. The highest BCUT2D eigenvalue weighted by atomic mass is 16.4. The number of carbonyl (C=O) groups is 1. The first-order chi connectivity index (χ1) is 11.5. The molecule has 2 saturated heterocycles. The van der Waals surface area contributed by atoms with Crippen LogP contribution in [0, 0.1) is 0 Å². The van der Waals surface area contributed by atoms with Crippen molar-refractivity contribution in [2.45, 2.75) is 49.9 Å². The fourth-order valence-electron chi connectivity index (χ4n) is 4.31. The molecule has 0 amide bonds. The summed E-state index contributed by atoms with van der Waals surface area (Å²) in [6, 6.07) is 5.91. The monoisotopic (exact) mass is 330 g/mol. The lowest BCUT2D eigenvalue weighted by Crippen LogP contribution is -2.65. The van der Waals surface area contributed by atoms with Gasteiger partial charge in [-0.05, 0) is 51.3 Å². The number of carboxylic acid groups (broad SMARTS) is 1. The van der Waals surface area contributed by atoms with Crippen LogP contribution in [0.15, 0.2) is 22.6 Å². The van der Waals surface area contributed by atoms with Crippen molar-refractivity contribution in [1.82, 2.24) is 9.88 Å². The van der Waals surface area contributed by atoms with Gasteiger partial charge in [0, 0.05) is 12.1 Å². The average Bonchev–Trinajstić information content (AvgIpc) is 2.91. The molecular weight excluding hydrogens is 308 g/mol. The van der Waals surface area contributed by atoms with E-state index in [0.717, 1.165) is 32.1 Å². The van der Waals surface area contributed by atoms with Gasteiger partial charge in [-0.1, -0.05) is 6.07 Å². The second-order valence-electron chi connectivity index (χ2n) is 6.99. The second-order valence-corrected chi connectivity index (χ2v) is 6.99. The molecule has 2 aliphatic rings. The molecule has 1 aromatic carbocycles. The molecule has 0 saturated carbocycles. The van der Waals surface area contributed by atoms with Gasteiger partial charge in [-0.2, -0.15) is 4.98 Å². The van der Waals surface area contributed by atoms with E-state index in [4.69, 9.17) is 10.2 Å². The Kier molecular flexibility index (Phi) is 3.51. The third kappa shape index (κ3) is 2.35. The molecule has 1 aromatic heterocycles. The van der Waals surface area contributed by atoms with Gasteiger partial charge in [-0.25, -0.2) is 4.79 Å². The molecule has 3 unspecified atom stereocenters. The lowest BCUT2D eigenvalue weighted by Gasteiger charge is -2.54. The number of benzene rings is 1. The summed E-state index contributed by atoms with van der Waals surface area (Å²) in [4.78, 5) is 18.1. The molecule has 2 bridgehead atoms. The summed E-state index contributed by atoms with van der Waals surface area (Å²) >= 11 is 0. The number of anilines is 1. The molecule has 7 nitrogen and oxygen atoms in total. The number of nitrogens with zero attached hydrogens (tertiary/aromatic N) is 2. The summed E-state index contributed by atoms with van der Waals surface area (Å²) < 4.78 is 5.78. The molecule has 3 atom stereocenters. The molecule has 0 radical (unpaired) electrons. The first-order valence-electron chi connectivity index (χ1n) is 8.38. The minimum absolute atomic E-state index is 0.150. The lowest BCUT2D eigenvalue weighted by molar-refractivity contribution is -0.00870. The lowest BCUT2D eigenvalue weighted by atomic mass is 9.78. The molecule has 4 rings (SSSR count). The van der Waals surface area contributed by atoms with Crippen LogP contribution in [0.3, 0.4) is 0 Å².